The third-order valence-electron chi connectivity index (χ3n) is 11.8. The molecule has 6 fully saturated rings. The van der Waals surface area contributed by atoms with Crippen molar-refractivity contribution >= 4 is 19.1 Å². The van der Waals surface area contributed by atoms with Crippen molar-refractivity contribution in [2.45, 2.75) is 102 Å². The number of amides is 2. The van der Waals surface area contributed by atoms with Gasteiger partial charge in [0.2, 0.25) is 0 Å². The number of carbonyl (C=O) groups is 2. The van der Waals surface area contributed by atoms with Gasteiger partial charge in [0.15, 0.2) is 0 Å². The van der Waals surface area contributed by atoms with Gasteiger partial charge >= 0.3 is 13.2 Å². The number of alkyl carbamates (subject to hydrolysis) is 1. The predicted molar refractivity (Wildman–Crippen MR) is 178 cm³/mol. The molecule has 254 valence electrons. The Hall–Kier alpha value is -2.91. The Morgan fingerprint density at radius 1 is 1.15 bits per heavy atom. The van der Waals surface area contributed by atoms with Crippen molar-refractivity contribution in [1.29, 1.82) is 5.26 Å². The average Bonchev–Trinajstić information content (AvgIpc) is 3.26. The summed E-state index contributed by atoms with van der Waals surface area (Å²) in [5.74, 6) is 0.263. The van der Waals surface area contributed by atoms with Crippen molar-refractivity contribution in [3.05, 3.63) is 47.5 Å². The molecule has 3 aliphatic carbocycles. The van der Waals surface area contributed by atoms with Gasteiger partial charge in [0, 0.05) is 25.2 Å². The highest BCUT2D eigenvalue weighted by Gasteiger charge is 2.68. The second-order valence-electron chi connectivity index (χ2n) is 15.5. The molecule has 47 heavy (non-hydrogen) atoms. The van der Waals surface area contributed by atoms with Gasteiger partial charge in [-0.05, 0) is 88.2 Å². The summed E-state index contributed by atoms with van der Waals surface area (Å²) in [5.41, 5.74) is 0.521. The van der Waals surface area contributed by atoms with Crippen LogP contribution in [0, 0.1) is 28.6 Å². The van der Waals surface area contributed by atoms with E-state index in [2.05, 4.69) is 37.1 Å². The van der Waals surface area contributed by atoms with E-state index in [1.54, 1.807) is 11.0 Å². The molecule has 3 aliphatic heterocycles. The van der Waals surface area contributed by atoms with Crippen LogP contribution < -0.4 is 5.32 Å². The van der Waals surface area contributed by atoms with Crippen LogP contribution in [0.4, 0.5) is 4.79 Å². The number of likely N-dealkylation sites (tertiary alicyclic amines) is 1. The largest absolute Gasteiger partial charge is 0.482 e. The lowest BCUT2D eigenvalue weighted by molar-refractivity contribution is -0.199. The molecule has 3 saturated heterocycles. The number of nitrogens with zero attached hydrogens (tertiary/aromatic N) is 3. The maximum atomic E-state index is 13.7. The van der Waals surface area contributed by atoms with E-state index in [4.69, 9.17) is 18.8 Å². The molecule has 7 rings (SSSR count). The summed E-state index contributed by atoms with van der Waals surface area (Å²) in [5, 5.41) is 13.1. The Labute approximate surface area is 280 Å². The zero-order valence-corrected chi connectivity index (χ0v) is 28.7. The molecule has 0 radical (unpaired) electrons. The van der Waals surface area contributed by atoms with Gasteiger partial charge in [0.25, 0.3) is 5.91 Å². The second kappa shape index (κ2) is 13.5. The monoisotopic (exact) mass is 646 g/mol. The van der Waals surface area contributed by atoms with Crippen molar-refractivity contribution in [1.82, 2.24) is 15.1 Å². The van der Waals surface area contributed by atoms with E-state index in [1.807, 2.05) is 44.2 Å². The van der Waals surface area contributed by atoms with Gasteiger partial charge in [-0.3, -0.25) is 9.69 Å². The Balaban J connectivity index is 1.12. The molecular weight excluding hydrogens is 595 g/mol. The Morgan fingerprint density at radius 3 is 2.60 bits per heavy atom. The molecule has 1 N–H and O–H groups in total. The Morgan fingerprint density at radius 2 is 1.89 bits per heavy atom. The summed E-state index contributed by atoms with van der Waals surface area (Å²) >= 11 is 0. The number of hydrogen-bond acceptors (Lipinski definition) is 8. The maximum Gasteiger partial charge on any atom is 0.482 e. The van der Waals surface area contributed by atoms with Crippen molar-refractivity contribution in [3.63, 3.8) is 0 Å². The lowest BCUT2D eigenvalue weighted by Crippen LogP contribution is -2.65. The number of benzene rings is 1. The van der Waals surface area contributed by atoms with Crippen LogP contribution in [0.1, 0.15) is 72.3 Å². The Kier molecular flexibility index (Phi) is 9.79. The number of morpholine rings is 1. The van der Waals surface area contributed by atoms with Gasteiger partial charge < -0.3 is 29.0 Å². The molecule has 2 bridgehead atoms. The molecule has 2 amide bonds. The summed E-state index contributed by atoms with van der Waals surface area (Å²) in [6.07, 6.45) is 5.60. The average molecular weight is 647 g/mol. The molecule has 6 aliphatic rings. The lowest BCUT2D eigenvalue weighted by atomic mass is 9.43. The van der Waals surface area contributed by atoms with E-state index < -0.39 is 36.4 Å². The first kappa shape index (κ1) is 34.0. The van der Waals surface area contributed by atoms with Gasteiger partial charge in [0.05, 0.1) is 37.4 Å². The van der Waals surface area contributed by atoms with Crippen LogP contribution in [-0.2, 0) is 30.0 Å². The number of hydrogen-bond donors (Lipinski definition) is 1. The highest BCUT2D eigenvalue weighted by atomic mass is 16.7. The van der Waals surface area contributed by atoms with Crippen molar-refractivity contribution in [3.8, 4) is 6.07 Å². The van der Waals surface area contributed by atoms with Crippen LogP contribution in [0.5, 0.6) is 0 Å². The van der Waals surface area contributed by atoms with E-state index in [9.17, 15) is 14.9 Å². The number of rotatable bonds is 8. The summed E-state index contributed by atoms with van der Waals surface area (Å²) in [6, 6.07) is 12.2. The SMILES string of the molecule is CC1(C)[C@@H]2C[C@H]3OB([C@H](Cc4ccccc4)NC(=O)OC4CCCCN(C(=O)C(C#N)=CC(C)(C)N5CCOCC5)C4)O[C@@]3(C)[C@H]1C2. The topological polar surface area (TPSA) is 113 Å². The van der Waals surface area contributed by atoms with Crippen LogP contribution >= 0.6 is 0 Å². The van der Waals surface area contributed by atoms with Crippen LogP contribution in [0.2, 0.25) is 0 Å². The minimum atomic E-state index is -0.599. The van der Waals surface area contributed by atoms with Gasteiger partial charge in [-0.1, -0.05) is 44.2 Å². The smallest absolute Gasteiger partial charge is 0.444 e. The van der Waals surface area contributed by atoms with Gasteiger partial charge in [0.1, 0.15) is 17.7 Å². The van der Waals surface area contributed by atoms with Crippen molar-refractivity contribution < 1.29 is 28.4 Å². The first-order valence-corrected chi connectivity index (χ1v) is 17.5. The molecule has 6 atom stereocenters. The van der Waals surface area contributed by atoms with Crippen LogP contribution in [0.3, 0.4) is 0 Å². The fraction of sp³-hybridized carbons (Fsp3) is 0.694. The summed E-state index contributed by atoms with van der Waals surface area (Å²) in [4.78, 5) is 31.1. The number of ether oxygens (including phenoxy) is 2. The van der Waals surface area contributed by atoms with Crippen molar-refractivity contribution in [2.75, 3.05) is 39.4 Å². The molecule has 0 spiro atoms. The third-order valence-corrected chi connectivity index (χ3v) is 11.8. The molecule has 0 aromatic heterocycles. The van der Waals surface area contributed by atoms with Gasteiger partial charge in [-0.2, -0.15) is 5.26 Å². The van der Waals surface area contributed by atoms with Crippen LogP contribution in [0.25, 0.3) is 0 Å². The summed E-state index contributed by atoms with van der Waals surface area (Å²) in [6.45, 7) is 14.4. The number of nitriles is 1. The van der Waals surface area contributed by atoms with E-state index in [0.29, 0.717) is 44.4 Å². The first-order chi connectivity index (χ1) is 22.4. The number of nitrogens with one attached hydrogen (secondary N) is 1. The minimum Gasteiger partial charge on any atom is -0.444 e. The fourth-order valence-electron chi connectivity index (χ4n) is 8.77. The van der Waals surface area contributed by atoms with Crippen molar-refractivity contribution in [2.24, 2.45) is 17.3 Å². The van der Waals surface area contributed by atoms with E-state index in [0.717, 1.165) is 44.3 Å². The molecule has 1 aromatic carbocycles. The first-order valence-electron chi connectivity index (χ1n) is 17.5. The van der Waals surface area contributed by atoms with Crippen LogP contribution in [-0.4, -0.2) is 97.6 Å². The number of carbonyl (C=O) groups excluding carboxylic acids is 2. The molecule has 3 saturated carbocycles. The zero-order chi connectivity index (χ0) is 33.4. The van der Waals surface area contributed by atoms with Gasteiger partial charge in [-0.15, -0.1) is 0 Å². The van der Waals surface area contributed by atoms with Gasteiger partial charge in [-0.25, -0.2) is 4.79 Å². The molecule has 11 heteroatoms. The summed E-state index contributed by atoms with van der Waals surface area (Å²) in [7, 11) is -0.599. The molecule has 1 aromatic rings. The maximum absolute atomic E-state index is 13.7. The molecule has 1 unspecified atom stereocenters. The zero-order valence-electron chi connectivity index (χ0n) is 28.7. The molecule has 10 nitrogen and oxygen atoms in total. The molecule has 3 heterocycles. The van der Waals surface area contributed by atoms with E-state index >= 15 is 0 Å². The molecular formula is C36H51BN4O6. The normalized spacial score (nSPS) is 31.5. The Bertz CT molecular complexity index is 1370. The van der Waals surface area contributed by atoms with E-state index in [1.165, 1.54) is 0 Å². The third kappa shape index (κ3) is 6.98. The fourth-order valence-corrected chi connectivity index (χ4v) is 8.77. The highest BCUT2D eigenvalue weighted by molar-refractivity contribution is 6.47. The summed E-state index contributed by atoms with van der Waals surface area (Å²) < 4.78 is 24.8. The van der Waals surface area contributed by atoms with Crippen LogP contribution in [0.15, 0.2) is 42.0 Å². The highest BCUT2D eigenvalue weighted by Crippen LogP contribution is 2.65. The standard InChI is InChI=1S/C36H51BN4O6/c1-34(2,41-15-17-44-18-16-41)22-26(23-38)32(42)40-14-10-9-13-28(24-40)45-33(43)39-31(19-25-11-7-6-8-12-25)37-46-30-21-27-20-29(35(27,3)4)36(30,5)47-37/h6-8,11-12,22,27-31H,9-10,13-21,24H2,1-5H3,(H,39,43)/t27-,28?,29-,30+,31-,36-/m0/s1. The lowest BCUT2D eigenvalue weighted by Gasteiger charge is -2.64. The van der Waals surface area contributed by atoms with E-state index in [-0.39, 0.29) is 29.5 Å². The predicted octanol–water partition coefficient (Wildman–Crippen LogP) is 4.53. The quantitative estimate of drug-likeness (QED) is 0.249. The second-order valence-corrected chi connectivity index (χ2v) is 15.5. The minimum absolute atomic E-state index is 0.00240.